The molecule has 0 radical (unpaired) electrons. The zero-order valence-electron chi connectivity index (χ0n) is 11.4. The number of benzene rings is 1. The Morgan fingerprint density at radius 2 is 1.91 bits per heavy atom. The molecule has 1 aromatic carbocycles. The van der Waals surface area contributed by atoms with Gasteiger partial charge >= 0.3 is 0 Å². The molecule has 5 heteroatoms. The van der Waals surface area contributed by atoms with Crippen molar-refractivity contribution in [3.8, 4) is 23.4 Å². The second-order valence-corrected chi connectivity index (χ2v) is 5.02. The van der Waals surface area contributed by atoms with Crippen LogP contribution in [0, 0.1) is 22.7 Å². The lowest BCUT2D eigenvalue weighted by Crippen LogP contribution is -1.85. The van der Waals surface area contributed by atoms with E-state index >= 15 is 0 Å². The Hall–Kier alpha value is -3.57. The maximum atomic E-state index is 8.96. The van der Waals surface area contributed by atoms with Gasteiger partial charge in [-0.25, -0.2) is 4.98 Å². The van der Waals surface area contributed by atoms with Crippen LogP contribution < -0.4 is 0 Å². The molecule has 0 amide bonds. The fraction of sp³-hybridized carbons (Fsp3) is 0. The van der Waals surface area contributed by atoms with Crippen molar-refractivity contribution >= 4 is 16.6 Å². The summed E-state index contributed by atoms with van der Waals surface area (Å²) < 4.78 is 1.83. The van der Waals surface area contributed by atoms with Gasteiger partial charge in [-0.15, -0.1) is 0 Å². The summed E-state index contributed by atoms with van der Waals surface area (Å²) in [5, 5.41) is 18.9. The van der Waals surface area contributed by atoms with Crippen LogP contribution in [0.15, 0.2) is 48.8 Å². The number of aromatic amines is 1. The van der Waals surface area contributed by atoms with Gasteiger partial charge in [-0.1, -0.05) is 6.07 Å². The summed E-state index contributed by atoms with van der Waals surface area (Å²) >= 11 is 0. The summed E-state index contributed by atoms with van der Waals surface area (Å²) in [6.07, 6.45) is 3.63. The van der Waals surface area contributed by atoms with Crippen LogP contribution >= 0.6 is 0 Å². The second kappa shape index (κ2) is 4.47. The summed E-state index contributed by atoms with van der Waals surface area (Å²) in [4.78, 5) is 7.51. The molecule has 1 N–H and O–H groups in total. The van der Waals surface area contributed by atoms with E-state index in [2.05, 4.69) is 16.0 Å². The van der Waals surface area contributed by atoms with Crippen molar-refractivity contribution in [3.05, 3.63) is 60.0 Å². The molecule has 4 rings (SSSR count). The number of nitriles is 2. The molecule has 0 bridgehead atoms. The third-order valence-electron chi connectivity index (χ3n) is 3.63. The first-order valence-corrected chi connectivity index (χ1v) is 6.69. The first-order chi connectivity index (χ1) is 10.8. The van der Waals surface area contributed by atoms with Gasteiger partial charge in [0, 0.05) is 34.6 Å². The Morgan fingerprint density at radius 1 is 1.00 bits per heavy atom. The monoisotopic (exact) mass is 283 g/mol. The largest absolute Gasteiger partial charge is 0.354 e. The molecule has 3 heterocycles. The molecule has 0 unspecified atom stereocenters. The number of pyridine rings is 1. The first kappa shape index (κ1) is 12.2. The van der Waals surface area contributed by atoms with Crippen molar-refractivity contribution in [2.24, 2.45) is 0 Å². The fourth-order valence-corrected chi connectivity index (χ4v) is 2.56. The van der Waals surface area contributed by atoms with Crippen molar-refractivity contribution in [2.75, 3.05) is 0 Å². The van der Waals surface area contributed by atoms with Crippen LogP contribution in [0.1, 0.15) is 11.3 Å². The quantitative estimate of drug-likeness (QED) is 0.582. The molecule has 0 fully saturated rings. The molecular formula is C17H9N5. The highest BCUT2D eigenvalue weighted by molar-refractivity contribution is 5.86. The molecule has 0 aliphatic heterocycles. The van der Waals surface area contributed by atoms with E-state index in [1.54, 1.807) is 12.3 Å². The number of rotatable bonds is 1. The summed E-state index contributed by atoms with van der Waals surface area (Å²) in [5.74, 6) is 0. The van der Waals surface area contributed by atoms with Crippen molar-refractivity contribution in [3.63, 3.8) is 0 Å². The van der Waals surface area contributed by atoms with Crippen molar-refractivity contribution in [1.82, 2.24) is 14.4 Å². The highest BCUT2D eigenvalue weighted by Crippen LogP contribution is 2.25. The Morgan fingerprint density at radius 3 is 2.73 bits per heavy atom. The van der Waals surface area contributed by atoms with Crippen LogP contribution in [-0.2, 0) is 0 Å². The van der Waals surface area contributed by atoms with Gasteiger partial charge in [-0.05, 0) is 30.3 Å². The highest BCUT2D eigenvalue weighted by atomic mass is 15.0. The Kier molecular flexibility index (Phi) is 2.48. The number of fused-ring (bicyclic) bond motifs is 2. The maximum Gasteiger partial charge on any atom is 0.159 e. The van der Waals surface area contributed by atoms with E-state index in [1.165, 1.54) is 0 Å². The van der Waals surface area contributed by atoms with Gasteiger partial charge in [0.05, 0.1) is 11.6 Å². The number of H-pyrrole nitrogens is 1. The van der Waals surface area contributed by atoms with Crippen molar-refractivity contribution < 1.29 is 0 Å². The van der Waals surface area contributed by atoms with E-state index in [4.69, 9.17) is 10.5 Å². The topological polar surface area (TPSA) is 80.7 Å². The lowest BCUT2D eigenvalue weighted by Gasteiger charge is -1.99. The van der Waals surface area contributed by atoms with E-state index in [-0.39, 0.29) is 0 Å². The molecule has 0 saturated heterocycles. The predicted molar refractivity (Wildman–Crippen MR) is 81.9 cm³/mol. The third-order valence-corrected chi connectivity index (χ3v) is 3.63. The van der Waals surface area contributed by atoms with Crippen LogP contribution in [-0.4, -0.2) is 14.4 Å². The smallest absolute Gasteiger partial charge is 0.159 e. The molecule has 3 aromatic heterocycles. The molecule has 0 atom stereocenters. The first-order valence-electron chi connectivity index (χ1n) is 6.69. The van der Waals surface area contributed by atoms with E-state index < -0.39 is 0 Å². The molecule has 0 aliphatic rings. The SMILES string of the molecule is N#Cc1ccc2cc(-c3ccc4nc(C#N)cn4c3)[nH]c2c1. The number of aromatic nitrogens is 3. The van der Waals surface area contributed by atoms with Gasteiger partial charge in [-0.3, -0.25) is 0 Å². The fourth-order valence-electron chi connectivity index (χ4n) is 2.56. The molecule has 0 saturated carbocycles. The zero-order valence-corrected chi connectivity index (χ0v) is 11.4. The summed E-state index contributed by atoms with van der Waals surface area (Å²) in [6, 6.07) is 15.6. The van der Waals surface area contributed by atoms with E-state index in [9.17, 15) is 0 Å². The van der Waals surface area contributed by atoms with Gasteiger partial charge in [0.2, 0.25) is 0 Å². The van der Waals surface area contributed by atoms with E-state index in [1.807, 2.05) is 47.0 Å². The van der Waals surface area contributed by atoms with E-state index in [0.29, 0.717) is 11.3 Å². The molecular weight excluding hydrogens is 274 g/mol. The minimum absolute atomic E-state index is 0.396. The predicted octanol–water partition coefficient (Wildman–Crippen LogP) is 3.23. The molecule has 0 spiro atoms. The normalized spacial score (nSPS) is 10.6. The van der Waals surface area contributed by atoms with Crippen molar-refractivity contribution in [2.45, 2.75) is 0 Å². The molecule has 4 aromatic rings. The maximum absolute atomic E-state index is 8.96. The van der Waals surface area contributed by atoms with Gasteiger partial charge in [-0.2, -0.15) is 10.5 Å². The van der Waals surface area contributed by atoms with Crippen LogP contribution in [0.4, 0.5) is 0 Å². The molecule has 5 nitrogen and oxygen atoms in total. The van der Waals surface area contributed by atoms with Crippen LogP contribution in [0.2, 0.25) is 0 Å². The Balaban J connectivity index is 1.87. The van der Waals surface area contributed by atoms with Gasteiger partial charge < -0.3 is 9.38 Å². The van der Waals surface area contributed by atoms with Gasteiger partial charge in [0.15, 0.2) is 5.69 Å². The summed E-state index contributed by atoms with van der Waals surface area (Å²) in [6.45, 7) is 0. The lowest BCUT2D eigenvalue weighted by molar-refractivity contribution is 1.18. The average molecular weight is 283 g/mol. The standard InChI is InChI=1S/C17H9N5/c18-7-11-1-2-12-6-16(21-15(12)5-11)13-3-4-17-20-14(8-19)10-22(17)9-13/h1-6,9-10,21H. The Labute approximate surface area is 125 Å². The van der Waals surface area contributed by atoms with Crippen molar-refractivity contribution in [1.29, 1.82) is 10.5 Å². The van der Waals surface area contributed by atoms with Crippen LogP contribution in [0.25, 0.3) is 27.8 Å². The minimum Gasteiger partial charge on any atom is -0.354 e. The molecule has 0 aliphatic carbocycles. The van der Waals surface area contributed by atoms with Gasteiger partial charge in [0.1, 0.15) is 11.7 Å². The van der Waals surface area contributed by atoms with Crippen LogP contribution in [0.3, 0.4) is 0 Å². The number of hydrogen-bond donors (Lipinski definition) is 1. The average Bonchev–Trinajstić information content (AvgIpc) is 3.16. The van der Waals surface area contributed by atoms with E-state index in [0.717, 1.165) is 27.8 Å². The zero-order chi connectivity index (χ0) is 15.1. The molecule has 22 heavy (non-hydrogen) atoms. The third kappa shape index (κ3) is 1.81. The second-order valence-electron chi connectivity index (χ2n) is 5.02. The number of hydrogen-bond acceptors (Lipinski definition) is 3. The van der Waals surface area contributed by atoms with Crippen LogP contribution in [0.5, 0.6) is 0 Å². The number of imidazole rings is 1. The minimum atomic E-state index is 0.396. The summed E-state index contributed by atoms with van der Waals surface area (Å²) in [7, 11) is 0. The number of nitrogens with zero attached hydrogens (tertiary/aromatic N) is 4. The van der Waals surface area contributed by atoms with Gasteiger partial charge in [0.25, 0.3) is 0 Å². The summed E-state index contributed by atoms with van der Waals surface area (Å²) in [5.41, 5.74) is 4.64. The number of nitrogens with one attached hydrogen (secondary N) is 1. The molecule has 102 valence electrons. The lowest BCUT2D eigenvalue weighted by atomic mass is 10.1. The Bertz CT molecular complexity index is 1090. The highest BCUT2D eigenvalue weighted by Gasteiger charge is 2.07.